The van der Waals surface area contributed by atoms with Gasteiger partial charge < -0.3 is 10.2 Å². The van der Waals surface area contributed by atoms with E-state index >= 15 is 0 Å². The fourth-order valence-electron chi connectivity index (χ4n) is 1.99. The average Bonchev–Trinajstić information content (AvgIpc) is 2.38. The van der Waals surface area contributed by atoms with Gasteiger partial charge in [-0.15, -0.1) is 0 Å². The van der Waals surface area contributed by atoms with Gasteiger partial charge in [0.25, 0.3) is 0 Å². The first kappa shape index (κ1) is 17.1. The second kappa shape index (κ2) is 6.44. The molecule has 0 heterocycles. The van der Waals surface area contributed by atoms with Crippen LogP contribution in [-0.4, -0.2) is 22.2 Å². The van der Waals surface area contributed by atoms with Crippen LogP contribution in [0.15, 0.2) is 24.3 Å². The van der Waals surface area contributed by atoms with Crippen molar-refractivity contribution >= 4 is 57.1 Å². The lowest BCUT2D eigenvalue weighted by Crippen LogP contribution is -2.08. The summed E-state index contributed by atoms with van der Waals surface area (Å²) in [6, 6.07) is 3.80. The molecule has 2 aromatic rings. The average molecular weight is 530 g/mol. The van der Waals surface area contributed by atoms with Gasteiger partial charge >= 0.3 is 11.9 Å². The molecule has 0 aliphatic heterocycles. The highest BCUT2D eigenvalue weighted by molar-refractivity contribution is 14.1. The molecule has 0 saturated heterocycles. The summed E-state index contributed by atoms with van der Waals surface area (Å²) in [7, 11) is 0. The van der Waals surface area contributed by atoms with Gasteiger partial charge in [-0.25, -0.2) is 18.4 Å². The Balaban J connectivity index is 2.94. The van der Waals surface area contributed by atoms with E-state index < -0.39 is 23.6 Å². The molecule has 0 fully saturated rings. The molecule has 0 atom stereocenters. The zero-order valence-corrected chi connectivity index (χ0v) is 14.8. The first-order chi connectivity index (χ1) is 10.2. The van der Waals surface area contributed by atoms with Crippen LogP contribution < -0.4 is 0 Å². The lowest BCUT2D eigenvalue weighted by atomic mass is 9.95. The van der Waals surface area contributed by atoms with E-state index in [1.165, 1.54) is 0 Å². The van der Waals surface area contributed by atoms with Crippen LogP contribution in [0, 0.1) is 18.8 Å². The van der Waals surface area contributed by atoms with Crippen molar-refractivity contribution in [3.05, 3.63) is 54.2 Å². The van der Waals surface area contributed by atoms with Crippen molar-refractivity contribution in [2.24, 2.45) is 0 Å². The highest BCUT2D eigenvalue weighted by Crippen LogP contribution is 2.36. The van der Waals surface area contributed by atoms with Crippen LogP contribution in [0.2, 0.25) is 0 Å². The number of benzene rings is 2. The summed E-state index contributed by atoms with van der Waals surface area (Å²) in [5.74, 6) is -4.30. The Hall–Kier alpha value is -1.30. The molecule has 0 radical (unpaired) electrons. The zero-order valence-electron chi connectivity index (χ0n) is 10.5. The summed E-state index contributed by atoms with van der Waals surface area (Å²) in [6.07, 6.45) is 0. The molecule has 0 saturated carbocycles. The minimum Gasteiger partial charge on any atom is -0.478 e. The molecule has 4 nitrogen and oxygen atoms in total. The van der Waals surface area contributed by atoms with E-state index in [1.807, 2.05) is 0 Å². The first-order valence-electron chi connectivity index (χ1n) is 5.67. The van der Waals surface area contributed by atoms with Crippen LogP contribution in [0.1, 0.15) is 20.7 Å². The number of hydrogen-bond acceptors (Lipinski definition) is 2. The number of carbonyl (C=O) groups is 2. The maximum Gasteiger partial charge on any atom is 0.336 e. The summed E-state index contributed by atoms with van der Waals surface area (Å²) < 4.78 is 27.4. The van der Waals surface area contributed by atoms with Gasteiger partial charge in [-0.1, -0.05) is 0 Å². The largest absolute Gasteiger partial charge is 0.478 e. The fraction of sp³-hybridized carbons (Fsp3) is 0. The lowest BCUT2D eigenvalue weighted by molar-refractivity contribution is 0.0683. The molecule has 0 amide bonds. The topological polar surface area (TPSA) is 74.6 Å². The Morgan fingerprint density at radius 2 is 1.09 bits per heavy atom. The molecule has 114 valence electrons. The quantitative estimate of drug-likeness (QED) is 0.583. The van der Waals surface area contributed by atoms with E-state index in [2.05, 4.69) is 0 Å². The molecular formula is C14H6F2I2O4. The molecule has 8 heteroatoms. The van der Waals surface area contributed by atoms with Gasteiger partial charge in [-0.2, -0.15) is 0 Å². The van der Waals surface area contributed by atoms with Crippen LogP contribution in [0.5, 0.6) is 0 Å². The number of rotatable bonds is 3. The fourth-order valence-corrected chi connectivity index (χ4v) is 3.71. The standard InChI is InChI=1S/C14H6F2I2O4/c15-5-1-7(13(19)20)11(9(17)3-5)12-8(14(21)22)2-6(16)4-10(12)18/h1-4H,(H,19,20)(H,21,22). The molecule has 0 unspecified atom stereocenters. The van der Waals surface area contributed by atoms with E-state index in [-0.39, 0.29) is 29.4 Å². The molecule has 0 aliphatic rings. The lowest BCUT2D eigenvalue weighted by Gasteiger charge is -2.14. The summed E-state index contributed by atoms with van der Waals surface area (Å²) in [4.78, 5) is 22.7. The van der Waals surface area contributed by atoms with Crippen molar-refractivity contribution in [2.45, 2.75) is 0 Å². The highest BCUT2D eigenvalue weighted by atomic mass is 127. The first-order valence-corrected chi connectivity index (χ1v) is 7.83. The third kappa shape index (κ3) is 3.21. The second-order valence-corrected chi connectivity index (χ2v) is 6.56. The smallest absolute Gasteiger partial charge is 0.336 e. The summed E-state index contributed by atoms with van der Waals surface area (Å²) in [6.45, 7) is 0. The van der Waals surface area contributed by atoms with Gasteiger partial charge in [0.05, 0.1) is 11.1 Å². The maximum atomic E-state index is 13.5. The van der Waals surface area contributed by atoms with Gasteiger partial charge in [0, 0.05) is 18.3 Å². The predicted octanol–water partition coefficient (Wildman–Crippen LogP) is 4.24. The van der Waals surface area contributed by atoms with Gasteiger partial charge in [-0.3, -0.25) is 0 Å². The predicted molar refractivity (Wildman–Crippen MR) is 91.1 cm³/mol. The van der Waals surface area contributed by atoms with Crippen molar-refractivity contribution < 1.29 is 28.6 Å². The minimum absolute atomic E-state index is 0.0521. The highest BCUT2D eigenvalue weighted by Gasteiger charge is 2.24. The third-order valence-corrected chi connectivity index (χ3v) is 4.52. The Labute approximate surface area is 150 Å². The van der Waals surface area contributed by atoms with E-state index in [9.17, 15) is 28.6 Å². The monoisotopic (exact) mass is 530 g/mol. The Bertz CT molecular complexity index is 738. The van der Waals surface area contributed by atoms with Gasteiger partial charge in [0.1, 0.15) is 11.6 Å². The van der Waals surface area contributed by atoms with E-state index in [1.54, 1.807) is 45.2 Å². The van der Waals surface area contributed by atoms with E-state index in [4.69, 9.17) is 0 Å². The number of halogens is 4. The molecule has 0 bridgehead atoms. The maximum absolute atomic E-state index is 13.5. The second-order valence-electron chi connectivity index (χ2n) is 4.23. The Morgan fingerprint density at radius 3 is 1.36 bits per heavy atom. The molecular weight excluding hydrogens is 524 g/mol. The molecule has 0 spiro atoms. The van der Waals surface area contributed by atoms with Crippen LogP contribution in [0.3, 0.4) is 0 Å². The number of hydrogen-bond donors (Lipinski definition) is 2. The number of carboxylic acid groups (broad SMARTS) is 2. The summed E-state index contributed by atoms with van der Waals surface area (Å²) >= 11 is 3.44. The van der Waals surface area contributed by atoms with Gasteiger partial charge in [-0.05, 0) is 69.4 Å². The van der Waals surface area contributed by atoms with Crippen molar-refractivity contribution in [1.29, 1.82) is 0 Å². The molecule has 0 aliphatic carbocycles. The normalized spacial score (nSPS) is 10.5. The van der Waals surface area contributed by atoms with Crippen LogP contribution in [0.25, 0.3) is 11.1 Å². The molecule has 2 rings (SSSR count). The SMILES string of the molecule is O=C(O)c1cc(F)cc(I)c1-c1c(I)cc(F)cc1C(=O)O. The van der Waals surface area contributed by atoms with E-state index in [0.717, 1.165) is 24.3 Å². The summed E-state index contributed by atoms with van der Waals surface area (Å²) in [5, 5.41) is 18.5. The van der Waals surface area contributed by atoms with Gasteiger partial charge in [0.15, 0.2) is 0 Å². The van der Waals surface area contributed by atoms with Crippen molar-refractivity contribution in [1.82, 2.24) is 0 Å². The minimum atomic E-state index is -1.40. The Kier molecular flexibility index (Phi) is 5.00. The van der Waals surface area contributed by atoms with Crippen LogP contribution in [0.4, 0.5) is 8.78 Å². The molecule has 22 heavy (non-hydrogen) atoms. The summed E-state index contributed by atoms with van der Waals surface area (Å²) in [5.41, 5.74) is -0.652. The Morgan fingerprint density at radius 1 is 0.773 bits per heavy atom. The van der Waals surface area contributed by atoms with Gasteiger partial charge in [0.2, 0.25) is 0 Å². The number of carboxylic acids is 2. The van der Waals surface area contributed by atoms with E-state index in [0.29, 0.717) is 0 Å². The van der Waals surface area contributed by atoms with Crippen LogP contribution in [-0.2, 0) is 0 Å². The molecule has 2 N–H and O–H groups in total. The zero-order chi connectivity index (χ0) is 16.6. The number of aromatic carboxylic acids is 2. The van der Waals surface area contributed by atoms with Crippen LogP contribution >= 0.6 is 45.2 Å². The third-order valence-electron chi connectivity index (χ3n) is 2.82. The van der Waals surface area contributed by atoms with Crippen molar-refractivity contribution in [3.63, 3.8) is 0 Å². The molecule has 0 aromatic heterocycles. The molecule has 2 aromatic carbocycles. The van der Waals surface area contributed by atoms with Crippen molar-refractivity contribution in [3.8, 4) is 11.1 Å². The van der Waals surface area contributed by atoms with Crippen molar-refractivity contribution in [2.75, 3.05) is 0 Å².